The number of fused-ring (bicyclic) bond motifs is 1. The molecule has 4 heterocycles. The fraction of sp³-hybridized carbons (Fsp3) is 0.440. The van der Waals surface area contributed by atoms with E-state index in [1.54, 1.807) is 4.40 Å². The summed E-state index contributed by atoms with van der Waals surface area (Å²) < 4.78 is 7.94. The minimum absolute atomic E-state index is 0.0609. The molecule has 2 fully saturated rings. The molecule has 3 aromatic rings. The molecule has 1 aromatic carbocycles. The number of para-hydroxylation sites is 1. The zero-order valence-electron chi connectivity index (χ0n) is 18.2. The Hall–Kier alpha value is -2.86. The first-order valence-electron chi connectivity index (χ1n) is 11.4. The second-order valence-corrected chi connectivity index (χ2v) is 8.70. The van der Waals surface area contributed by atoms with Crippen molar-refractivity contribution >= 4 is 11.5 Å². The van der Waals surface area contributed by atoms with Crippen LogP contribution in [-0.4, -0.2) is 46.6 Å². The molecule has 0 N–H and O–H groups in total. The topological polar surface area (TPSA) is 50.1 Å². The number of piperidine rings is 1. The predicted octanol–water partition coefficient (Wildman–Crippen LogP) is 3.65. The molecule has 0 saturated carbocycles. The van der Waals surface area contributed by atoms with Crippen LogP contribution in [0.4, 0.5) is 5.82 Å². The smallest absolute Gasteiger partial charge is 0.264 e. The van der Waals surface area contributed by atoms with Gasteiger partial charge >= 0.3 is 0 Å². The Bertz CT molecular complexity index is 1110. The van der Waals surface area contributed by atoms with Crippen LogP contribution < -0.4 is 15.2 Å². The first kappa shape index (κ1) is 20.1. The van der Waals surface area contributed by atoms with Crippen molar-refractivity contribution in [3.63, 3.8) is 0 Å². The summed E-state index contributed by atoms with van der Waals surface area (Å²) in [5.41, 5.74) is 2.79. The van der Waals surface area contributed by atoms with Gasteiger partial charge in [0.25, 0.3) is 5.56 Å². The van der Waals surface area contributed by atoms with Crippen LogP contribution in [0.15, 0.2) is 53.5 Å². The lowest BCUT2D eigenvalue weighted by Gasteiger charge is -2.33. The second-order valence-electron chi connectivity index (χ2n) is 8.70. The van der Waals surface area contributed by atoms with E-state index in [0.717, 1.165) is 74.6 Å². The number of hydrogen-bond acceptors (Lipinski definition) is 5. The largest absolute Gasteiger partial charge is 0.490 e. The summed E-state index contributed by atoms with van der Waals surface area (Å²) in [4.78, 5) is 22.9. The molecule has 162 valence electrons. The van der Waals surface area contributed by atoms with E-state index in [9.17, 15) is 4.79 Å². The standard InChI is InChI=1S/C25H30N4O2/c1-19-8-2-3-9-22(19)31-20-11-16-27(17-12-20)18-21-24(28-13-6-7-14-28)26-23-10-4-5-15-29(23)25(21)30/h2-5,8-10,15,20H,6-7,11-14,16-18H2,1H3. The van der Waals surface area contributed by atoms with Gasteiger partial charge in [0, 0.05) is 38.9 Å². The van der Waals surface area contributed by atoms with E-state index in [-0.39, 0.29) is 11.7 Å². The van der Waals surface area contributed by atoms with Gasteiger partial charge in [-0.3, -0.25) is 14.1 Å². The van der Waals surface area contributed by atoms with E-state index in [0.29, 0.717) is 6.54 Å². The number of nitrogens with zero attached hydrogens (tertiary/aromatic N) is 4. The first-order chi connectivity index (χ1) is 15.2. The van der Waals surface area contributed by atoms with Crippen molar-refractivity contribution in [3.8, 4) is 5.75 Å². The van der Waals surface area contributed by atoms with Crippen molar-refractivity contribution in [1.29, 1.82) is 0 Å². The second kappa shape index (κ2) is 8.71. The van der Waals surface area contributed by atoms with Gasteiger partial charge in [0.05, 0.1) is 5.56 Å². The average Bonchev–Trinajstić information content (AvgIpc) is 3.33. The van der Waals surface area contributed by atoms with Crippen LogP contribution in [-0.2, 0) is 6.54 Å². The van der Waals surface area contributed by atoms with E-state index in [4.69, 9.17) is 9.72 Å². The van der Waals surface area contributed by atoms with Crippen molar-refractivity contribution in [2.75, 3.05) is 31.1 Å². The highest BCUT2D eigenvalue weighted by Gasteiger charge is 2.26. The molecule has 6 nitrogen and oxygen atoms in total. The summed E-state index contributed by atoms with van der Waals surface area (Å²) in [5, 5.41) is 0. The first-order valence-corrected chi connectivity index (χ1v) is 11.4. The molecule has 0 unspecified atom stereocenters. The summed E-state index contributed by atoms with van der Waals surface area (Å²) in [6, 6.07) is 13.9. The van der Waals surface area contributed by atoms with Crippen LogP contribution in [0.2, 0.25) is 0 Å². The molecule has 2 aromatic heterocycles. The Labute approximate surface area is 183 Å². The summed E-state index contributed by atoms with van der Waals surface area (Å²) in [6.45, 7) is 6.54. The van der Waals surface area contributed by atoms with Crippen molar-refractivity contribution in [3.05, 3.63) is 70.1 Å². The molecular weight excluding hydrogens is 388 g/mol. The molecular formula is C25H30N4O2. The highest BCUT2D eigenvalue weighted by Crippen LogP contribution is 2.25. The van der Waals surface area contributed by atoms with Gasteiger partial charge in [-0.15, -0.1) is 0 Å². The molecule has 2 aliphatic rings. The molecule has 31 heavy (non-hydrogen) atoms. The van der Waals surface area contributed by atoms with Crippen LogP contribution in [0.1, 0.15) is 36.8 Å². The van der Waals surface area contributed by atoms with Crippen LogP contribution in [0.25, 0.3) is 5.65 Å². The van der Waals surface area contributed by atoms with E-state index in [1.807, 2.05) is 42.6 Å². The van der Waals surface area contributed by atoms with Gasteiger partial charge in [0.2, 0.25) is 0 Å². The Morgan fingerprint density at radius 1 is 1.00 bits per heavy atom. The third-order valence-electron chi connectivity index (χ3n) is 6.51. The Kier molecular flexibility index (Phi) is 5.64. The minimum atomic E-state index is 0.0609. The summed E-state index contributed by atoms with van der Waals surface area (Å²) in [5.74, 6) is 1.86. The SMILES string of the molecule is Cc1ccccc1OC1CCN(Cc2c(N3CCCC3)nc3ccccn3c2=O)CC1. The molecule has 2 aliphatic heterocycles. The fourth-order valence-electron chi connectivity index (χ4n) is 4.72. The van der Waals surface area contributed by atoms with Crippen molar-refractivity contribution in [1.82, 2.24) is 14.3 Å². The average molecular weight is 419 g/mol. The third-order valence-corrected chi connectivity index (χ3v) is 6.51. The van der Waals surface area contributed by atoms with E-state index < -0.39 is 0 Å². The van der Waals surface area contributed by atoms with Crippen LogP contribution in [0.5, 0.6) is 5.75 Å². The predicted molar refractivity (Wildman–Crippen MR) is 123 cm³/mol. The zero-order chi connectivity index (χ0) is 21.2. The monoisotopic (exact) mass is 418 g/mol. The molecule has 0 aliphatic carbocycles. The van der Waals surface area contributed by atoms with E-state index in [1.165, 1.54) is 5.56 Å². The third kappa shape index (κ3) is 4.17. The Morgan fingerprint density at radius 3 is 2.52 bits per heavy atom. The molecule has 0 radical (unpaired) electrons. The minimum Gasteiger partial charge on any atom is -0.490 e. The van der Waals surface area contributed by atoms with Crippen LogP contribution in [0.3, 0.4) is 0 Å². The maximum atomic E-state index is 13.4. The molecule has 0 atom stereocenters. The van der Waals surface area contributed by atoms with Crippen molar-refractivity contribution < 1.29 is 4.74 Å². The zero-order valence-corrected chi connectivity index (χ0v) is 18.2. The quantitative estimate of drug-likeness (QED) is 0.633. The molecule has 0 spiro atoms. The number of pyridine rings is 1. The molecule has 0 bridgehead atoms. The summed E-state index contributed by atoms with van der Waals surface area (Å²) >= 11 is 0. The normalized spacial score (nSPS) is 18.0. The summed E-state index contributed by atoms with van der Waals surface area (Å²) in [6.07, 6.45) is 6.31. The van der Waals surface area contributed by atoms with E-state index >= 15 is 0 Å². The van der Waals surface area contributed by atoms with Crippen LogP contribution >= 0.6 is 0 Å². The van der Waals surface area contributed by atoms with Crippen LogP contribution in [0, 0.1) is 6.92 Å². The lowest BCUT2D eigenvalue weighted by atomic mass is 10.1. The van der Waals surface area contributed by atoms with Gasteiger partial charge in [-0.2, -0.15) is 0 Å². The number of benzene rings is 1. The molecule has 6 heteroatoms. The molecule has 0 amide bonds. The number of ether oxygens (including phenoxy) is 1. The number of aryl methyl sites for hydroxylation is 1. The van der Waals surface area contributed by atoms with Gasteiger partial charge in [-0.25, -0.2) is 4.98 Å². The number of anilines is 1. The lowest BCUT2D eigenvalue weighted by molar-refractivity contribution is 0.0960. The Morgan fingerprint density at radius 2 is 1.74 bits per heavy atom. The number of rotatable bonds is 5. The van der Waals surface area contributed by atoms with Gasteiger partial charge in [-0.05, 0) is 56.4 Å². The van der Waals surface area contributed by atoms with Gasteiger partial charge in [-0.1, -0.05) is 24.3 Å². The summed E-state index contributed by atoms with van der Waals surface area (Å²) in [7, 11) is 0. The molecule has 5 rings (SSSR count). The fourth-order valence-corrected chi connectivity index (χ4v) is 4.72. The maximum absolute atomic E-state index is 13.4. The number of aromatic nitrogens is 2. The Balaban J connectivity index is 1.34. The highest BCUT2D eigenvalue weighted by molar-refractivity contribution is 5.54. The van der Waals surface area contributed by atoms with E-state index in [2.05, 4.69) is 22.8 Å². The highest BCUT2D eigenvalue weighted by atomic mass is 16.5. The number of hydrogen-bond donors (Lipinski definition) is 0. The maximum Gasteiger partial charge on any atom is 0.264 e. The molecule has 2 saturated heterocycles. The van der Waals surface area contributed by atoms with Gasteiger partial charge < -0.3 is 9.64 Å². The van der Waals surface area contributed by atoms with Crippen molar-refractivity contribution in [2.24, 2.45) is 0 Å². The van der Waals surface area contributed by atoms with Gasteiger partial charge in [0.15, 0.2) is 0 Å². The number of likely N-dealkylation sites (tertiary alicyclic amines) is 1. The lowest BCUT2D eigenvalue weighted by Crippen LogP contribution is -2.40. The van der Waals surface area contributed by atoms with Crippen molar-refractivity contribution in [2.45, 2.75) is 45.3 Å². The van der Waals surface area contributed by atoms with Gasteiger partial charge in [0.1, 0.15) is 23.3 Å².